The summed E-state index contributed by atoms with van der Waals surface area (Å²) >= 11 is 0. The highest BCUT2D eigenvalue weighted by Gasteiger charge is 2.32. The number of benzene rings is 3. The van der Waals surface area contributed by atoms with Gasteiger partial charge in [0.15, 0.2) is 0 Å². The largest absolute Gasteiger partial charge is 0.480 e. The predicted molar refractivity (Wildman–Crippen MR) is 147 cm³/mol. The lowest BCUT2D eigenvalue weighted by Crippen LogP contribution is -2.54. The molecule has 208 valence electrons. The van der Waals surface area contributed by atoms with Gasteiger partial charge in [-0.15, -0.1) is 0 Å². The average molecular weight is 545 g/mol. The van der Waals surface area contributed by atoms with E-state index in [1.54, 1.807) is 38.1 Å². The Kier molecular flexibility index (Phi) is 9.16. The molecule has 9 heteroatoms. The summed E-state index contributed by atoms with van der Waals surface area (Å²) in [5, 5.41) is 14.3. The van der Waals surface area contributed by atoms with Gasteiger partial charge in [-0.3, -0.25) is 9.59 Å². The first-order valence-corrected chi connectivity index (χ1v) is 13.1. The van der Waals surface area contributed by atoms with Gasteiger partial charge in [-0.1, -0.05) is 92.7 Å². The summed E-state index contributed by atoms with van der Waals surface area (Å²) in [5.74, 6) is -3.42. The van der Waals surface area contributed by atoms with Crippen LogP contribution in [-0.2, 0) is 30.5 Å². The van der Waals surface area contributed by atoms with Crippen molar-refractivity contribution in [2.75, 3.05) is 6.61 Å². The van der Waals surface area contributed by atoms with Gasteiger partial charge in [0.2, 0.25) is 5.91 Å². The Morgan fingerprint density at radius 2 is 1.38 bits per heavy atom. The van der Waals surface area contributed by atoms with Crippen LogP contribution in [0.25, 0.3) is 11.1 Å². The molecule has 0 saturated heterocycles. The Labute approximate surface area is 232 Å². The number of carbonyl (C=O) groups excluding carboxylic acids is 3. The van der Waals surface area contributed by atoms with E-state index in [0.29, 0.717) is 0 Å². The quantitative estimate of drug-likeness (QED) is 0.308. The maximum absolute atomic E-state index is 13.0. The zero-order valence-corrected chi connectivity index (χ0v) is 22.3. The van der Waals surface area contributed by atoms with Crippen LogP contribution in [0.15, 0.2) is 78.9 Å². The van der Waals surface area contributed by atoms with Crippen molar-refractivity contribution in [2.45, 2.75) is 44.9 Å². The first kappa shape index (κ1) is 28.4. The first-order chi connectivity index (χ1) is 19.2. The third kappa shape index (κ3) is 6.85. The van der Waals surface area contributed by atoms with Crippen LogP contribution in [0.5, 0.6) is 0 Å². The molecular formula is C31H32N2O7. The second kappa shape index (κ2) is 12.9. The van der Waals surface area contributed by atoms with E-state index in [2.05, 4.69) is 10.6 Å². The molecule has 40 heavy (non-hydrogen) atoms. The molecule has 9 nitrogen and oxygen atoms in total. The minimum absolute atomic E-state index is 0.0103. The number of rotatable bonds is 11. The summed E-state index contributed by atoms with van der Waals surface area (Å²) in [7, 11) is 0. The Balaban J connectivity index is 1.43. The van der Waals surface area contributed by atoms with Gasteiger partial charge in [0.25, 0.3) is 0 Å². The lowest BCUT2D eigenvalue weighted by molar-refractivity contribution is -0.147. The van der Waals surface area contributed by atoms with Crippen molar-refractivity contribution >= 4 is 23.9 Å². The molecule has 0 bridgehead atoms. The van der Waals surface area contributed by atoms with Crippen LogP contribution in [0.2, 0.25) is 0 Å². The van der Waals surface area contributed by atoms with E-state index in [0.717, 1.165) is 27.8 Å². The molecule has 0 unspecified atom stereocenters. The van der Waals surface area contributed by atoms with Crippen molar-refractivity contribution in [2.24, 2.45) is 5.92 Å². The number of fused-ring (bicyclic) bond motifs is 3. The molecular weight excluding hydrogens is 512 g/mol. The third-order valence-electron chi connectivity index (χ3n) is 6.80. The van der Waals surface area contributed by atoms with Gasteiger partial charge in [0, 0.05) is 5.92 Å². The average Bonchev–Trinajstić information content (AvgIpc) is 3.27. The van der Waals surface area contributed by atoms with Crippen molar-refractivity contribution in [1.82, 2.24) is 10.6 Å². The number of nitrogens with one attached hydrogen (secondary N) is 2. The van der Waals surface area contributed by atoms with E-state index in [-0.39, 0.29) is 19.1 Å². The van der Waals surface area contributed by atoms with E-state index in [1.165, 1.54) is 0 Å². The van der Waals surface area contributed by atoms with Crippen LogP contribution < -0.4 is 10.6 Å². The number of hydrogen-bond donors (Lipinski definition) is 3. The van der Waals surface area contributed by atoms with Gasteiger partial charge < -0.3 is 25.2 Å². The molecule has 3 N–H and O–H groups in total. The van der Waals surface area contributed by atoms with E-state index >= 15 is 0 Å². The maximum atomic E-state index is 13.0. The molecule has 0 saturated carbocycles. The number of carbonyl (C=O) groups is 4. The monoisotopic (exact) mass is 544 g/mol. The van der Waals surface area contributed by atoms with Crippen molar-refractivity contribution in [3.8, 4) is 11.1 Å². The Morgan fingerprint density at radius 3 is 1.95 bits per heavy atom. The van der Waals surface area contributed by atoms with E-state index in [1.807, 2.05) is 54.6 Å². The molecule has 0 spiro atoms. The molecule has 2 amide bonds. The number of carboxylic acids is 1. The highest BCUT2D eigenvalue weighted by molar-refractivity contribution is 5.92. The van der Waals surface area contributed by atoms with Crippen LogP contribution in [-0.4, -0.2) is 47.7 Å². The number of amides is 2. The number of alkyl carbamates (subject to hydrolysis) is 1. The fourth-order valence-corrected chi connectivity index (χ4v) is 4.72. The molecule has 4 rings (SSSR count). The highest BCUT2D eigenvalue weighted by Crippen LogP contribution is 2.44. The first-order valence-electron chi connectivity index (χ1n) is 13.1. The standard InChI is InChI=1S/C31H32N2O7/c1-19(2)28(30(36)37)33-29(35)26(16-27(34)39-17-20-10-4-3-5-11-20)32-31(38)40-18-25-23-14-8-6-12-21(23)22-13-7-9-15-24(22)25/h3-15,19,25-26,28H,16-18H2,1-2H3,(H,32,38)(H,33,35)(H,36,37)/t26-,28-/m0/s1. The van der Waals surface area contributed by atoms with E-state index in [9.17, 15) is 24.3 Å². The van der Waals surface area contributed by atoms with Crippen molar-refractivity contribution < 1.29 is 33.8 Å². The van der Waals surface area contributed by atoms with Gasteiger partial charge in [0.05, 0.1) is 6.42 Å². The van der Waals surface area contributed by atoms with Gasteiger partial charge in [-0.25, -0.2) is 9.59 Å². The molecule has 0 heterocycles. The van der Waals surface area contributed by atoms with Crippen LogP contribution in [0, 0.1) is 5.92 Å². The Hall–Kier alpha value is -4.66. The van der Waals surface area contributed by atoms with Crippen LogP contribution >= 0.6 is 0 Å². The zero-order chi connectivity index (χ0) is 28.6. The van der Waals surface area contributed by atoms with Gasteiger partial charge in [0.1, 0.15) is 25.3 Å². The zero-order valence-electron chi connectivity index (χ0n) is 22.3. The molecule has 1 aliphatic carbocycles. The molecule has 1 aliphatic rings. The molecule has 3 aromatic carbocycles. The Morgan fingerprint density at radius 1 is 0.800 bits per heavy atom. The number of esters is 1. The minimum atomic E-state index is -1.40. The van der Waals surface area contributed by atoms with Gasteiger partial charge in [-0.05, 0) is 33.7 Å². The van der Waals surface area contributed by atoms with Crippen molar-refractivity contribution in [1.29, 1.82) is 0 Å². The van der Waals surface area contributed by atoms with Crippen LogP contribution in [0.4, 0.5) is 4.79 Å². The smallest absolute Gasteiger partial charge is 0.407 e. The molecule has 0 aromatic heterocycles. The molecule has 0 aliphatic heterocycles. The maximum Gasteiger partial charge on any atom is 0.407 e. The Bertz CT molecular complexity index is 1330. The lowest BCUT2D eigenvalue weighted by atomic mass is 9.98. The number of hydrogen-bond acceptors (Lipinski definition) is 6. The summed E-state index contributed by atoms with van der Waals surface area (Å²) in [5.41, 5.74) is 4.94. The summed E-state index contributed by atoms with van der Waals surface area (Å²) in [6, 6.07) is 22.1. The van der Waals surface area contributed by atoms with Gasteiger partial charge >= 0.3 is 18.0 Å². The number of carboxylic acid groups (broad SMARTS) is 1. The minimum Gasteiger partial charge on any atom is -0.480 e. The molecule has 2 atom stereocenters. The van der Waals surface area contributed by atoms with E-state index < -0.39 is 48.4 Å². The van der Waals surface area contributed by atoms with Crippen molar-refractivity contribution in [3.05, 3.63) is 95.6 Å². The highest BCUT2D eigenvalue weighted by atomic mass is 16.5. The van der Waals surface area contributed by atoms with Gasteiger partial charge in [-0.2, -0.15) is 0 Å². The van der Waals surface area contributed by atoms with Crippen LogP contribution in [0.3, 0.4) is 0 Å². The normalized spacial score (nSPS) is 13.5. The molecule has 3 aromatic rings. The molecule has 0 fully saturated rings. The SMILES string of the molecule is CC(C)[C@H](NC(=O)[C@H](CC(=O)OCc1ccccc1)NC(=O)OCC1c2ccccc2-c2ccccc21)C(=O)O. The third-order valence-corrected chi connectivity index (χ3v) is 6.80. The fraction of sp³-hybridized carbons (Fsp3) is 0.290. The number of aliphatic carboxylic acids is 1. The fourth-order valence-electron chi connectivity index (χ4n) is 4.72. The lowest BCUT2D eigenvalue weighted by Gasteiger charge is -2.23. The van der Waals surface area contributed by atoms with E-state index in [4.69, 9.17) is 9.47 Å². The molecule has 0 radical (unpaired) electrons. The number of ether oxygens (including phenoxy) is 2. The summed E-state index contributed by atoms with van der Waals surface area (Å²) < 4.78 is 10.8. The second-order valence-corrected chi connectivity index (χ2v) is 9.94. The predicted octanol–water partition coefficient (Wildman–Crippen LogP) is 4.25. The van der Waals surface area contributed by atoms with Crippen LogP contribution in [0.1, 0.15) is 42.9 Å². The summed E-state index contributed by atoms with van der Waals surface area (Å²) in [6.07, 6.45) is -1.41. The van der Waals surface area contributed by atoms with Crippen molar-refractivity contribution in [3.63, 3.8) is 0 Å². The summed E-state index contributed by atoms with van der Waals surface area (Å²) in [6.45, 7) is 3.28. The topological polar surface area (TPSA) is 131 Å². The second-order valence-electron chi connectivity index (χ2n) is 9.94. The summed E-state index contributed by atoms with van der Waals surface area (Å²) in [4.78, 5) is 50.1.